The maximum atomic E-state index is 5.29. The minimum atomic E-state index is 0.455. The summed E-state index contributed by atoms with van der Waals surface area (Å²) in [6.45, 7) is 8.00. The van der Waals surface area contributed by atoms with E-state index in [-0.39, 0.29) is 0 Å². The summed E-state index contributed by atoms with van der Waals surface area (Å²) in [4.78, 5) is 0. The summed E-state index contributed by atoms with van der Waals surface area (Å²) in [7, 11) is 0. The highest BCUT2D eigenvalue weighted by molar-refractivity contribution is 4.88. The van der Waals surface area contributed by atoms with Crippen LogP contribution in [0, 0.1) is 0 Å². The zero-order chi connectivity index (χ0) is 7.98. The van der Waals surface area contributed by atoms with Gasteiger partial charge in [0.25, 0.3) is 0 Å². The molecule has 0 heterocycles. The molecule has 0 spiro atoms. The summed E-state index contributed by atoms with van der Waals surface area (Å²) in [5.74, 6) is 5.29. The molecule has 10 heavy (non-hydrogen) atoms. The summed E-state index contributed by atoms with van der Waals surface area (Å²) < 4.78 is 0. The second kappa shape index (κ2) is 5.45. The van der Waals surface area contributed by atoms with Crippen molar-refractivity contribution < 1.29 is 0 Å². The largest absolute Gasteiger partial charge is 0.271 e. The SMILES string of the molecule is C=C(C)CCC(CC)NN. The van der Waals surface area contributed by atoms with E-state index >= 15 is 0 Å². The van der Waals surface area contributed by atoms with Crippen molar-refractivity contribution in [2.24, 2.45) is 5.84 Å². The van der Waals surface area contributed by atoms with Crippen LogP contribution in [0.2, 0.25) is 0 Å². The van der Waals surface area contributed by atoms with Gasteiger partial charge in [0, 0.05) is 6.04 Å². The molecule has 60 valence electrons. The molecule has 0 aromatic heterocycles. The first kappa shape index (κ1) is 9.66. The van der Waals surface area contributed by atoms with Gasteiger partial charge in [-0.2, -0.15) is 0 Å². The van der Waals surface area contributed by atoms with E-state index in [4.69, 9.17) is 5.84 Å². The van der Waals surface area contributed by atoms with Crippen LogP contribution < -0.4 is 11.3 Å². The van der Waals surface area contributed by atoms with E-state index in [9.17, 15) is 0 Å². The zero-order valence-electron chi connectivity index (χ0n) is 6.98. The van der Waals surface area contributed by atoms with Crippen molar-refractivity contribution in [1.82, 2.24) is 5.43 Å². The minimum Gasteiger partial charge on any atom is -0.271 e. The van der Waals surface area contributed by atoms with Gasteiger partial charge >= 0.3 is 0 Å². The van der Waals surface area contributed by atoms with Crippen LogP contribution in [0.4, 0.5) is 0 Å². The Morgan fingerprint density at radius 2 is 2.30 bits per heavy atom. The minimum absolute atomic E-state index is 0.455. The third kappa shape index (κ3) is 4.53. The van der Waals surface area contributed by atoms with Gasteiger partial charge in [-0.1, -0.05) is 12.5 Å². The first-order valence-electron chi connectivity index (χ1n) is 3.81. The molecule has 0 saturated heterocycles. The van der Waals surface area contributed by atoms with E-state index in [1.54, 1.807) is 0 Å². The lowest BCUT2D eigenvalue weighted by atomic mass is 10.1. The van der Waals surface area contributed by atoms with E-state index < -0.39 is 0 Å². The molecule has 0 radical (unpaired) electrons. The van der Waals surface area contributed by atoms with Crippen molar-refractivity contribution in [3.05, 3.63) is 12.2 Å². The van der Waals surface area contributed by atoms with E-state index in [1.807, 2.05) is 6.92 Å². The van der Waals surface area contributed by atoms with Crippen LogP contribution in [0.25, 0.3) is 0 Å². The van der Waals surface area contributed by atoms with Gasteiger partial charge in [0.05, 0.1) is 0 Å². The molecule has 0 aliphatic rings. The zero-order valence-corrected chi connectivity index (χ0v) is 6.98. The van der Waals surface area contributed by atoms with Gasteiger partial charge in [0.15, 0.2) is 0 Å². The third-order valence-corrected chi connectivity index (χ3v) is 1.65. The van der Waals surface area contributed by atoms with Crippen LogP contribution >= 0.6 is 0 Å². The number of hydrazine groups is 1. The van der Waals surface area contributed by atoms with E-state index in [2.05, 4.69) is 18.9 Å². The average molecular weight is 142 g/mol. The predicted molar refractivity (Wildman–Crippen MR) is 45.5 cm³/mol. The maximum Gasteiger partial charge on any atom is 0.0211 e. The third-order valence-electron chi connectivity index (χ3n) is 1.65. The van der Waals surface area contributed by atoms with Crippen LogP contribution in [-0.2, 0) is 0 Å². The van der Waals surface area contributed by atoms with Gasteiger partial charge in [-0.15, -0.1) is 6.58 Å². The van der Waals surface area contributed by atoms with Crippen molar-refractivity contribution in [1.29, 1.82) is 0 Å². The second-order valence-corrected chi connectivity index (χ2v) is 2.77. The summed E-state index contributed by atoms with van der Waals surface area (Å²) in [6.07, 6.45) is 3.26. The highest BCUT2D eigenvalue weighted by Crippen LogP contribution is 2.05. The first-order valence-corrected chi connectivity index (χ1v) is 3.81. The average Bonchev–Trinajstić information content (AvgIpc) is 1.90. The molecule has 0 aliphatic carbocycles. The summed E-state index contributed by atoms with van der Waals surface area (Å²) in [5.41, 5.74) is 4.00. The number of hydrogen-bond acceptors (Lipinski definition) is 2. The molecule has 1 atom stereocenters. The number of nitrogens with one attached hydrogen (secondary N) is 1. The van der Waals surface area contributed by atoms with Crippen LogP contribution in [0.5, 0.6) is 0 Å². The Balaban J connectivity index is 3.34. The Kier molecular flexibility index (Phi) is 5.26. The molecule has 0 bridgehead atoms. The molecular weight excluding hydrogens is 124 g/mol. The fraction of sp³-hybridized carbons (Fsp3) is 0.750. The molecule has 2 heteroatoms. The molecule has 3 N–H and O–H groups in total. The first-order chi connectivity index (χ1) is 4.70. The quantitative estimate of drug-likeness (QED) is 0.347. The monoisotopic (exact) mass is 142 g/mol. The molecule has 0 aromatic carbocycles. The van der Waals surface area contributed by atoms with Gasteiger partial charge in [-0.05, 0) is 26.2 Å². The molecule has 0 aliphatic heterocycles. The van der Waals surface area contributed by atoms with E-state index in [0.717, 1.165) is 19.3 Å². The lowest BCUT2D eigenvalue weighted by Gasteiger charge is -2.12. The number of rotatable bonds is 5. The summed E-state index contributed by atoms with van der Waals surface area (Å²) >= 11 is 0. The molecule has 0 rings (SSSR count). The Morgan fingerprint density at radius 1 is 1.70 bits per heavy atom. The number of hydrogen-bond donors (Lipinski definition) is 2. The molecule has 0 aromatic rings. The maximum absolute atomic E-state index is 5.29. The van der Waals surface area contributed by atoms with Gasteiger partial charge < -0.3 is 0 Å². The molecule has 0 amide bonds. The Bertz CT molecular complexity index is 95.4. The van der Waals surface area contributed by atoms with Crippen LogP contribution in [0.15, 0.2) is 12.2 Å². The fourth-order valence-corrected chi connectivity index (χ4v) is 0.826. The summed E-state index contributed by atoms with van der Waals surface area (Å²) in [5, 5.41) is 0. The van der Waals surface area contributed by atoms with Gasteiger partial charge in [-0.25, -0.2) is 0 Å². The number of nitrogens with two attached hydrogens (primary N) is 1. The highest BCUT2D eigenvalue weighted by atomic mass is 15.2. The molecule has 1 unspecified atom stereocenters. The van der Waals surface area contributed by atoms with Crippen LogP contribution in [0.1, 0.15) is 33.1 Å². The van der Waals surface area contributed by atoms with Crippen molar-refractivity contribution >= 4 is 0 Å². The van der Waals surface area contributed by atoms with E-state index in [1.165, 1.54) is 5.57 Å². The molecule has 2 nitrogen and oxygen atoms in total. The lowest BCUT2D eigenvalue weighted by molar-refractivity contribution is 0.481. The summed E-state index contributed by atoms with van der Waals surface area (Å²) in [6, 6.07) is 0.455. The number of allylic oxidation sites excluding steroid dienone is 1. The Hall–Kier alpha value is -0.340. The van der Waals surface area contributed by atoms with Gasteiger partial charge in [0.1, 0.15) is 0 Å². The van der Waals surface area contributed by atoms with Gasteiger partial charge in [0.2, 0.25) is 0 Å². The fourth-order valence-electron chi connectivity index (χ4n) is 0.826. The Morgan fingerprint density at radius 3 is 2.60 bits per heavy atom. The molecular formula is C8H18N2. The highest BCUT2D eigenvalue weighted by Gasteiger charge is 2.01. The van der Waals surface area contributed by atoms with Gasteiger partial charge in [-0.3, -0.25) is 11.3 Å². The second-order valence-electron chi connectivity index (χ2n) is 2.77. The van der Waals surface area contributed by atoms with Crippen molar-refractivity contribution in [2.75, 3.05) is 0 Å². The van der Waals surface area contributed by atoms with Crippen molar-refractivity contribution in [3.8, 4) is 0 Å². The normalized spacial score (nSPS) is 13.1. The van der Waals surface area contributed by atoms with Crippen LogP contribution in [0.3, 0.4) is 0 Å². The van der Waals surface area contributed by atoms with Crippen LogP contribution in [-0.4, -0.2) is 6.04 Å². The standard InChI is InChI=1S/C8H18N2/c1-4-8(10-9)6-5-7(2)3/h8,10H,2,4-6,9H2,1,3H3. The molecule has 0 saturated carbocycles. The predicted octanol–water partition coefficient (Wildman–Crippen LogP) is 1.58. The lowest BCUT2D eigenvalue weighted by Crippen LogP contribution is -2.34. The van der Waals surface area contributed by atoms with E-state index in [0.29, 0.717) is 6.04 Å². The van der Waals surface area contributed by atoms with Crippen molar-refractivity contribution in [3.63, 3.8) is 0 Å². The topological polar surface area (TPSA) is 38.0 Å². The molecule has 0 fully saturated rings. The Labute approximate surface area is 63.5 Å². The smallest absolute Gasteiger partial charge is 0.0211 e. The van der Waals surface area contributed by atoms with Crippen molar-refractivity contribution in [2.45, 2.75) is 39.2 Å².